The normalized spacial score (nSPS) is 10.4. The summed E-state index contributed by atoms with van der Waals surface area (Å²) < 4.78 is 32.1. The Hall–Kier alpha value is -1.90. The van der Waals surface area contributed by atoms with E-state index in [1.165, 1.54) is 18.2 Å². The molecule has 1 nitrogen and oxygen atoms in total. The minimum Gasteiger partial charge on any atom is -0.454 e. The average molecular weight is 234 g/mol. The number of aryl methyl sites for hydroxylation is 2. The van der Waals surface area contributed by atoms with Crippen molar-refractivity contribution >= 4 is 0 Å². The van der Waals surface area contributed by atoms with Gasteiger partial charge in [0.2, 0.25) is 0 Å². The molecule has 0 aliphatic heterocycles. The zero-order valence-electron chi connectivity index (χ0n) is 9.63. The fourth-order valence-electron chi connectivity index (χ4n) is 1.45. The van der Waals surface area contributed by atoms with E-state index >= 15 is 0 Å². The highest BCUT2D eigenvalue weighted by atomic mass is 19.1. The van der Waals surface area contributed by atoms with Crippen LogP contribution in [0.1, 0.15) is 11.1 Å². The number of hydrogen-bond donors (Lipinski definition) is 0. The molecule has 0 spiro atoms. The highest BCUT2D eigenvalue weighted by molar-refractivity contribution is 5.35. The van der Waals surface area contributed by atoms with Gasteiger partial charge in [0.1, 0.15) is 11.6 Å². The largest absolute Gasteiger partial charge is 0.454 e. The molecule has 0 amide bonds. The lowest BCUT2D eigenvalue weighted by atomic mass is 10.2. The molecule has 88 valence electrons. The summed E-state index contributed by atoms with van der Waals surface area (Å²) in [5, 5.41) is 0. The van der Waals surface area contributed by atoms with Crippen molar-refractivity contribution in [1.82, 2.24) is 0 Å². The van der Waals surface area contributed by atoms with Crippen LogP contribution in [-0.2, 0) is 0 Å². The summed E-state index contributed by atoms with van der Waals surface area (Å²) in [7, 11) is 0. The van der Waals surface area contributed by atoms with E-state index in [4.69, 9.17) is 4.74 Å². The van der Waals surface area contributed by atoms with Crippen molar-refractivity contribution in [1.29, 1.82) is 0 Å². The molecular formula is C14H12F2O. The Kier molecular flexibility index (Phi) is 3.09. The Morgan fingerprint density at radius 1 is 0.882 bits per heavy atom. The Labute approximate surface area is 98.7 Å². The maximum absolute atomic E-state index is 13.5. The van der Waals surface area contributed by atoms with Gasteiger partial charge in [-0.15, -0.1) is 0 Å². The van der Waals surface area contributed by atoms with Crippen molar-refractivity contribution < 1.29 is 13.5 Å². The first-order chi connectivity index (χ1) is 8.06. The van der Waals surface area contributed by atoms with Crippen LogP contribution in [-0.4, -0.2) is 0 Å². The van der Waals surface area contributed by atoms with Crippen molar-refractivity contribution in [2.75, 3.05) is 0 Å². The summed E-state index contributed by atoms with van der Waals surface area (Å²) in [6, 6.07) is 9.09. The fraction of sp³-hybridized carbons (Fsp3) is 0.143. The molecule has 0 unspecified atom stereocenters. The van der Waals surface area contributed by atoms with Crippen LogP contribution in [0.3, 0.4) is 0 Å². The van der Waals surface area contributed by atoms with Crippen LogP contribution >= 0.6 is 0 Å². The van der Waals surface area contributed by atoms with Gasteiger partial charge in [0.15, 0.2) is 11.6 Å². The summed E-state index contributed by atoms with van der Waals surface area (Å²) in [6.07, 6.45) is 0. The molecule has 0 aliphatic carbocycles. The maximum atomic E-state index is 13.5. The van der Waals surface area contributed by atoms with E-state index < -0.39 is 5.82 Å². The molecule has 0 fully saturated rings. The number of rotatable bonds is 2. The molecule has 0 aliphatic rings. The molecule has 0 saturated heterocycles. The Morgan fingerprint density at radius 3 is 2.29 bits per heavy atom. The first-order valence-corrected chi connectivity index (χ1v) is 5.26. The van der Waals surface area contributed by atoms with Crippen molar-refractivity contribution in [3.8, 4) is 11.5 Å². The van der Waals surface area contributed by atoms with Gasteiger partial charge in [-0.1, -0.05) is 12.1 Å². The molecule has 3 heteroatoms. The first kappa shape index (κ1) is 11.6. The van der Waals surface area contributed by atoms with E-state index in [1.54, 1.807) is 32.0 Å². The zero-order valence-corrected chi connectivity index (χ0v) is 9.63. The van der Waals surface area contributed by atoms with Gasteiger partial charge in [0.25, 0.3) is 0 Å². The molecule has 2 aromatic rings. The summed E-state index contributed by atoms with van der Waals surface area (Å²) in [5.41, 5.74) is 1.34. The third kappa shape index (κ3) is 2.61. The second-order valence-corrected chi connectivity index (χ2v) is 3.95. The topological polar surface area (TPSA) is 9.23 Å². The van der Waals surface area contributed by atoms with Gasteiger partial charge in [-0.25, -0.2) is 8.78 Å². The van der Waals surface area contributed by atoms with E-state index in [2.05, 4.69) is 0 Å². The lowest BCUT2D eigenvalue weighted by molar-refractivity contribution is 0.438. The lowest BCUT2D eigenvalue weighted by Crippen LogP contribution is -1.90. The molecule has 0 N–H and O–H groups in total. The Balaban J connectivity index is 2.28. The lowest BCUT2D eigenvalue weighted by Gasteiger charge is -2.08. The second-order valence-electron chi connectivity index (χ2n) is 3.95. The SMILES string of the molecule is Cc1ccc(Oc2ccc(C)c(F)c2)c(F)c1. The maximum Gasteiger partial charge on any atom is 0.165 e. The predicted molar refractivity (Wildman–Crippen MR) is 62.3 cm³/mol. The fourth-order valence-corrected chi connectivity index (χ4v) is 1.45. The molecule has 0 radical (unpaired) electrons. The van der Waals surface area contributed by atoms with E-state index in [0.717, 1.165) is 5.56 Å². The third-order valence-electron chi connectivity index (χ3n) is 2.46. The van der Waals surface area contributed by atoms with Crippen molar-refractivity contribution in [2.45, 2.75) is 13.8 Å². The number of halogens is 2. The van der Waals surface area contributed by atoms with Gasteiger partial charge in [-0.2, -0.15) is 0 Å². The Bertz CT molecular complexity index is 550. The zero-order chi connectivity index (χ0) is 12.4. The van der Waals surface area contributed by atoms with Gasteiger partial charge in [-0.3, -0.25) is 0 Å². The van der Waals surface area contributed by atoms with Crippen molar-refractivity contribution in [2.24, 2.45) is 0 Å². The van der Waals surface area contributed by atoms with E-state index in [1.807, 2.05) is 0 Å². The van der Waals surface area contributed by atoms with Gasteiger partial charge in [0.05, 0.1) is 0 Å². The smallest absolute Gasteiger partial charge is 0.165 e. The summed E-state index contributed by atoms with van der Waals surface area (Å²) in [6.45, 7) is 3.45. The van der Waals surface area contributed by atoms with E-state index in [0.29, 0.717) is 5.56 Å². The highest BCUT2D eigenvalue weighted by Crippen LogP contribution is 2.26. The van der Waals surface area contributed by atoms with E-state index in [-0.39, 0.29) is 17.3 Å². The molecule has 0 atom stereocenters. The third-order valence-corrected chi connectivity index (χ3v) is 2.46. The van der Waals surface area contributed by atoms with Crippen LogP contribution in [0, 0.1) is 25.5 Å². The predicted octanol–water partition coefficient (Wildman–Crippen LogP) is 4.37. The number of hydrogen-bond acceptors (Lipinski definition) is 1. The van der Waals surface area contributed by atoms with Gasteiger partial charge < -0.3 is 4.74 Å². The minimum atomic E-state index is -0.453. The monoisotopic (exact) mass is 234 g/mol. The standard InChI is InChI=1S/C14H12F2O/c1-9-3-6-14(13(16)7-9)17-11-5-4-10(2)12(15)8-11/h3-8H,1-2H3. The van der Waals surface area contributed by atoms with E-state index in [9.17, 15) is 8.78 Å². The van der Waals surface area contributed by atoms with Crippen LogP contribution < -0.4 is 4.74 Å². The quantitative estimate of drug-likeness (QED) is 0.749. The van der Waals surface area contributed by atoms with Crippen LogP contribution in [0.2, 0.25) is 0 Å². The van der Waals surface area contributed by atoms with Crippen LogP contribution in [0.15, 0.2) is 36.4 Å². The van der Waals surface area contributed by atoms with Gasteiger partial charge in [-0.05, 0) is 43.2 Å². The molecule has 17 heavy (non-hydrogen) atoms. The van der Waals surface area contributed by atoms with Crippen LogP contribution in [0.25, 0.3) is 0 Å². The summed E-state index contributed by atoms with van der Waals surface area (Å²) in [4.78, 5) is 0. The molecular weight excluding hydrogens is 222 g/mol. The molecule has 0 aromatic heterocycles. The molecule has 0 heterocycles. The van der Waals surface area contributed by atoms with Crippen molar-refractivity contribution in [3.63, 3.8) is 0 Å². The van der Waals surface area contributed by atoms with Gasteiger partial charge in [0, 0.05) is 6.07 Å². The van der Waals surface area contributed by atoms with Crippen LogP contribution in [0.4, 0.5) is 8.78 Å². The number of ether oxygens (including phenoxy) is 1. The van der Waals surface area contributed by atoms with Crippen LogP contribution in [0.5, 0.6) is 11.5 Å². The molecule has 2 aromatic carbocycles. The summed E-state index contributed by atoms with van der Waals surface area (Å²) >= 11 is 0. The molecule has 2 rings (SSSR count). The minimum absolute atomic E-state index is 0.0962. The molecule has 0 saturated carbocycles. The average Bonchev–Trinajstić information content (AvgIpc) is 2.27. The highest BCUT2D eigenvalue weighted by Gasteiger charge is 2.06. The number of benzene rings is 2. The summed E-state index contributed by atoms with van der Waals surface area (Å²) in [5.74, 6) is -0.435. The Morgan fingerprint density at radius 2 is 1.65 bits per heavy atom. The van der Waals surface area contributed by atoms with Gasteiger partial charge >= 0.3 is 0 Å². The molecule has 0 bridgehead atoms. The van der Waals surface area contributed by atoms with Crippen molar-refractivity contribution in [3.05, 3.63) is 59.2 Å². The second kappa shape index (κ2) is 4.53. The first-order valence-electron chi connectivity index (χ1n) is 5.26.